The van der Waals surface area contributed by atoms with Crippen molar-refractivity contribution in [1.82, 2.24) is 0 Å². The Morgan fingerprint density at radius 1 is 0.909 bits per heavy atom. The van der Waals surface area contributed by atoms with E-state index in [2.05, 4.69) is 17.0 Å². The smallest absolute Gasteiger partial charge is 0.303 e. The number of hydrogen-bond donors (Lipinski definition) is 1. The minimum absolute atomic E-state index is 0.132. The maximum Gasteiger partial charge on any atom is 0.303 e. The summed E-state index contributed by atoms with van der Waals surface area (Å²) < 4.78 is 0. The van der Waals surface area contributed by atoms with E-state index in [0.29, 0.717) is 6.42 Å². The van der Waals surface area contributed by atoms with Gasteiger partial charge in [0.2, 0.25) is 0 Å². The van der Waals surface area contributed by atoms with Crippen LogP contribution in [-0.2, 0) is 17.8 Å². The number of hydrogen-bond acceptors (Lipinski definition) is 3. The van der Waals surface area contributed by atoms with E-state index in [1.165, 1.54) is 0 Å². The third-order valence-electron chi connectivity index (χ3n) is 3.13. The SMILES string of the molecule is O=NCc1ccc(C#Cc2ccc(CCC(=O)O)cc2)cc1. The summed E-state index contributed by atoms with van der Waals surface area (Å²) in [6.45, 7) is 0.172. The Balaban J connectivity index is 2.01. The molecule has 0 fully saturated rings. The summed E-state index contributed by atoms with van der Waals surface area (Å²) in [4.78, 5) is 20.7. The first-order valence-electron chi connectivity index (χ1n) is 6.88. The van der Waals surface area contributed by atoms with Crippen LogP contribution >= 0.6 is 0 Å². The molecule has 0 amide bonds. The van der Waals surface area contributed by atoms with Gasteiger partial charge in [-0.1, -0.05) is 41.3 Å². The predicted octanol–water partition coefficient (Wildman–Crippen LogP) is 3.37. The summed E-state index contributed by atoms with van der Waals surface area (Å²) >= 11 is 0. The summed E-state index contributed by atoms with van der Waals surface area (Å²) in [5, 5.41) is 11.5. The molecule has 22 heavy (non-hydrogen) atoms. The summed E-state index contributed by atoms with van der Waals surface area (Å²) in [6.07, 6.45) is 0.655. The Morgan fingerprint density at radius 3 is 1.86 bits per heavy atom. The topological polar surface area (TPSA) is 66.7 Å². The Morgan fingerprint density at radius 2 is 1.41 bits per heavy atom. The lowest BCUT2D eigenvalue weighted by Crippen LogP contribution is -1.97. The van der Waals surface area contributed by atoms with Crippen molar-refractivity contribution in [2.24, 2.45) is 5.18 Å². The Kier molecular flexibility index (Phi) is 5.44. The molecule has 0 unspecified atom stereocenters. The van der Waals surface area contributed by atoms with E-state index in [9.17, 15) is 9.70 Å². The highest BCUT2D eigenvalue weighted by Crippen LogP contribution is 2.07. The number of aryl methyl sites for hydroxylation is 1. The molecule has 0 bridgehead atoms. The van der Waals surface area contributed by atoms with E-state index in [1.54, 1.807) is 0 Å². The fourth-order valence-electron chi connectivity index (χ4n) is 1.92. The van der Waals surface area contributed by atoms with Crippen molar-refractivity contribution in [3.05, 3.63) is 75.7 Å². The van der Waals surface area contributed by atoms with Gasteiger partial charge in [-0.25, -0.2) is 0 Å². The third kappa shape index (κ3) is 4.88. The fraction of sp³-hybridized carbons (Fsp3) is 0.167. The van der Waals surface area contributed by atoms with Crippen molar-refractivity contribution in [1.29, 1.82) is 0 Å². The second kappa shape index (κ2) is 7.75. The highest BCUT2D eigenvalue weighted by atomic mass is 16.4. The zero-order valence-corrected chi connectivity index (χ0v) is 12.0. The summed E-state index contributed by atoms with van der Waals surface area (Å²) in [6, 6.07) is 14.9. The maximum absolute atomic E-state index is 10.5. The molecule has 2 rings (SSSR count). The van der Waals surface area contributed by atoms with Gasteiger partial charge in [-0.15, -0.1) is 0 Å². The van der Waals surface area contributed by atoms with Crippen LogP contribution in [0, 0.1) is 16.7 Å². The van der Waals surface area contributed by atoms with Crippen LogP contribution in [0.1, 0.15) is 28.7 Å². The average Bonchev–Trinajstić information content (AvgIpc) is 2.53. The molecular formula is C18H15NO3. The number of aliphatic carboxylic acids is 1. The Hall–Kier alpha value is -2.93. The number of carboxylic acids is 1. The summed E-state index contributed by atoms with van der Waals surface area (Å²) in [7, 11) is 0. The number of nitroso groups, excluding NO2 is 1. The molecule has 0 saturated carbocycles. The first kappa shape index (κ1) is 15.5. The second-order valence-corrected chi connectivity index (χ2v) is 4.82. The summed E-state index contributed by atoms with van der Waals surface area (Å²) in [5.41, 5.74) is 3.59. The van der Waals surface area contributed by atoms with Gasteiger partial charge in [0.15, 0.2) is 0 Å². The van der Waals surface area contributed by atoms with Crippen LogP contribution in [0.2, 0.25) is 0 Å². The lowest BCUT2D eigenvalue weighted by atomic mass is 10.1. The highest BCUT2D eigenvalue weighted by molar-refractivity contribution is 5.67. The average molecular weight is 293 g/mol. The van der Waals surface area contributed by atoms with Crippen LogP contribution < -0.4 is 0 Å². The maximum atomic E-state index is 10.5. The molecule has 110 valence electrons. The van der Waals surface area contributed by atoms with Crippen LogP contribution in [0.25, 0.3) is 0 Å². The van der Waals surface area contributed by atoms with E-state index in [0.717, 1.165) is 22.3 Å². The minimum atomic E-state index is -0.794. The van der Waals surface area contributed by atoms with Gasteiger partial charge in [0, 0.05) is 17.5 Å². The first-order valence-corrected chi connectivity index (χ1v) is 6.88. The highest BCUT2D eigenvalue weighted by Gasteiger charge is 1.98. The van der Waals surface area contributed by atoms with Crippen molar-refractivity contribution < 1.29 is 9.90 Å². The third-order valence-corrected chi connectivity index (χ3v) is 3.13. The molecule has 0 radical (unpaired) electrons. The van der Waals surface area contributed by atoms with Crippen LogP contribution in [-0.4, -0.2) is 11.1 Å². The van der Waals surface area contributed by atoms with E-state index < -0.39 is 5.97 Å². The van der Waals surface area contributed by atoms with Crippen molar-refractivity contribution in [3.8, 4) is 11.8 Å². The number of carbonyl (C=O) groups is 1. The largest absolute Gasteiger partial charge is 0.481 e. The molecule has 0 heterocycles. The lowest BCUT2D eigenvalue weighted by Gasteiger charge is -1.98. The molecule has 0 aliphatic rings. The minimum Gasteiger partial charge on any atom is -0.481 e. The van der Waals surface area contributed by atoms with Crippen LogP contribution in [0.3, 0.4) is 0 Å². The quantitative estimate of drug-likeness (QED) is 0.679. The number of nitrogens with zero attached hydrogens (tertiary/aromatic N) is 1. The number of benzene rings is 2. The van der Waals surface area contributed by atoms with E-state index >= 15 is 0 Å². The molecule has 4 heteroatoms. The number of carboxylic acid groups (broad SMARTS) is 1. The molecule has 0 aliphatic heterocycles. The van der Waals surface area contributed by atoms with Crippen molar-refractivity contribution in [2.75, 3.05) is 0 Å². The molecule has 0 saturated heterocycles. The van der Waals surface area contributed by atoms with Gasteiger partial charge in [0.25, 0.3) is 0 Å². The first-order chi connectivity index (χ1) is 10.7. The van der Waals surface area contributed by atoms with Gasteiger partial charge < -0.3 is 5.11 Å². The van der Waals surface area contributed by atoms with Crippen molar-refractivity contribution in [2.45, 2.75) is 19.4 Å². The lowest BCUT2D eigenvalue weighted by molar-refractivity contribution is -0.136. The van der Waals surface area contributed by atoms with Crippen molar-refractivity contribution >= 4 is 5.97 Å². The second-order valence-electron chi connectivity index (χ2n) is 4.82. The summed E-state index contributed by atoms with van der Waals surface area (Å²) in [5.74, 6) is 5.31. The zero-order valence-electron chi connectivity index (χ0n) is 12.0. The molecule has 4 nitrogen and oxygen atoms in total. The van der Waals surface area contributed by atoms with Gasteiger partial charge in [-0.3, -0.25) is 4.79 Å². The fourth-order valence-corrected chi connectivity index (χ4v) is 1.92. The van der Waals surface area contributed by atoms with Crippen LogP contribution in [0.4, 0.5) is 0 Å². The van der Waals surface area contributed by atoms with Crippen LogP contribution in [0.15, 0.2) is 53.7 Å². The molecule has 2 aromatic carbocycles. The predicted molar refractivity (Wildman–Crippen MR) is 84.3 cm³/mol. The van der Waals surface area contributed by atoms with Crippen molar-refractivity contribution in [3.63, 3.8) is 0 Å². The van der Waals surface area contributed by atoms with E-state index in [4.69, 9.17) is 5.11 Å². The normalized spacial score (nSPS) is 9.64. The molecule has 2 aromatic rings. The molecule has 0 atom stereocenters. The number of rotatable bonds is 5. The Bertz CT molecular complexity index is 707. The van der Waals surface area contributed by atoms with E-state index in [1.807, 2.05) is 48.5 Å². The van der Waals surface area contributed by atoms with Gasteiger partial charge >= 0.3 is 5.97 Å². The standard InChI is InChI=1S/C18H15NO3/c20-18(21)12-11-16-5-3-14(4-6-16)1-2-15-7-9-17(10-8-15)13-19-22/h3-10H,11-13H2,(H,20,21). The Labute approximate surface area is 128 Å². The van der Waals surface area contributed by atoms with Gasteiger partial charge in [-0.2, -0.15) is 4.91 Å². The van der Waals surface area contributed by atoms with Gasteiger partial charge in [-0.05, 0) is 41.8 Å². The molecule has 0 aliphatic carbocycles. The van der Waals surface area contributed by atoms with Crippen LogP contribution in [0.5, 0.6) is 0 Å². The molecule has 0 spiro atoms. The monoisotopic (exact) mass is 293 g/mol. The van der Waals surface area contributed by atoms with Gasteiger partial charge in [0.05, 0.1) is 0 Å². The van der Waals surface area contributed by atoms with Gasteiger partial charge in [0.1, 0.15) is 6.54 Å². The molecular weight excluding hydrogens is 278 g/mol. The zero-order chi connectivity index (χ0) is 15.8. The van der Waals surface area contributed by atoms with E-state index in [-0.39, 0.29) is 13.0 Å². The molecule has 1 N–H and O–H groups in total. The molecule has 0 aromatic heterocycles.